The largest absolute Gasteiger partial charge is 0.272 e. The van der Waals surface area contributed by atoms with Gasteiger partial charge >= 0.3 is 0 Å². The minimum Gasteiger partial charge on any atom is -0.272 e. The van der Waals surface area contributed by atoms with Crippen LogP contribution in [0.25, 0.3) is 0 Å². The van der Waals surface area contributed by atoms with Crippen molar-refractivity contribution in [2.24, 2.45) is 0 Å². The summed E-state index contributed by atoms with van der Waals surface area (Å²) in [5.41, 5.74) is 8.57. The second kappa shape index (κ2) is 6.58. The van der Waals surface area contributed by atoms with Crippen molar-refractivity contribution in [2.45, 2.75) is 18.4 Å². The number of hydroxylamine groups is 1. The van der Waals surface area contributed by atoms with Crippen LogP contribution in [0.4, 0.5) is 5.69 Å². The number of para-hydroxylation sites is 1. The van der Waals surface area contributed by atoms with Gasteiger partial charge in [-0.1, -0.05) is 91.0 Å². The third kappa shape index (κ3) is 2.12. The van der Waals surface area contributed by atoms with Crippen LogP contribution in [0.1, 0.15) is 46.2 Å². The zero-order chi connectivity index (χ0) is 20.1. The lowest BCUT2D eigenvalue weighted by molar-refractivity contribution is 0.0794. The molecule has 2 nitrogen and oxygen atoms in total. The Balaban J connectivity index is 1.78. The molecule has 0 atom stereocenters. The number of hydrogen-bond donors (Lipinski definition) is 0. The highest BCUT2D eigenvalue weighted by Crippen LogP contribution is 2.60. The van der Waals surface area contributed by atoms with Gasteiger partial charge in [0.05, 0.1) is 12.3 Å². The molecular formula is C28H23NO. The van der Waals surface area contributed by atoms with E-state index in [9.17, 15) is 0 Å². The first-order chi connectivity index (χ1) is 14.9. The van der Waals surface area contributed by atoms with Crippen molar-refractivity contribution in [3.8, 4) is 0 Å². The average molecular weight is 389 g/mol. The second-order valence-corrected chi connectivity index (χ2v) is 7.95. The number of nitrogens with zero attached hydrogens (tertiary/aromatic N) is 1. The number of anilines is 1. The summed E-state index contributed by atoms with van der Waals surface area (Å²) in [6.07, 6.45) is 0. The molecule has 2 bridgehead atoms. The Morgan fingerprint density at radius 1 is 0.633 bits per heavy atom. The molecule has 0 unspecified atom stereocenters. The lowest BCUT2D eigenvalue weighted by Gasteiger charge is -2.55. The van der Waals surface area contributed by atoms with E-state index in [1.54, 1.807) is 0 Å². The van der Waals surface area contributed by atoms with Crippen LogP contribution in [-0.4, -0.2) is 6.61 Å². The van der Waals surface area contributed by atoms with Crippen LogP contribution < -0.4 is 5.06 Å². The van der Waals surface area contributed by atoms with Crippen LogP contribution in [0.2, 0.25) is 0 Å². The Kier molecular flexibility index (Phi) is 3.84. The summed E-state index contributed by atoms with van der Waals surface area (Å²) in [6, 6.07) is 37.1. The van der Waals surface area contributed by atoms with Crippen LogP contribution in [0.15, 0.2) is 103 Å². The number of rotatable bonds is 4. The van der Waals surface area contributed by atoms with Crippen LogP contribution in [0.5, 0.6) is 0 Å². The summed E-state index contributed by atoms with van der Waals surface area (Å²) in [5, 5.41) is 2.15. The molecule has 0 aliphatic heterocycles. The van der Waals surface area contributed by atoms with E-state index in [4.69, 9.17) is 4.84 Å². The van der Waals surface area contributed by atoms with Crippen molar-refractivity contribution >= 4 is 5.69 Å². The molecule has 30 heavy (non-hydrogen) atoms. The lowest BCUT2D eigenvalue weighted by atomic mass is 9.56. The summed E-state index contributed by atoms with van der Waals surface area (Å²) >= 11 is 0. The van der Waals surface area contributed by atoms with Gasteiger partial charge in [-0.15, -0.1) is 0 Å². The van der Waals surface area contributed by atoms with Gasteiger partial charge in [0.25, 0.3) is 0 Å². The van der Waals surface area contributed by atoms with Crippen LogP contribution in [-0.2, 0) is 10.4 Å². The molecule has 0 N–H and O–H groups in total. The predicted octanol–water partition coefficient (Wildman–Crippen LogP) is 6.24. The molecule has 3 aliphatic rings. The Bertz CT molecular complexity index is 1110. The molecule has 4 aromatic carbocycles. The van der Waals surface area contributed by atoms with Crippen molar-refractivity contribution in [1.29, 1.82) is 0 Å². The highest BCUT2D eigenvalue weighted by Gasteiger charge is 2.55. The third-order valence-electron chi connectivity index (χ3n) is 6.54. The first-order valence-corrected chi connectivity index (χ1v) is 10.6. The molecule has 0 heterocycles. The monoisotopic (exact) mass is 389 g/mol. The fourth-order valence-corrected chi connectivity index (χ4v) is 5.56. The summed E-state index contributed by atoms with van der Waals surface area (Å²) in [6.45, 7) is 2.65. The molecule has 0 fully saturated rings. The molecule has 4 aromatic rings. The molecule has 0 aromatic heterocycles. The molecule has 0 spiro atoms. The minimum atomic E-state index is -0.532. The quantitative estimate of drug-likeness (QED) is 0.383. The van der Waals surface area contributed by atoms with E-state index in [0.717, 1.165) is 5.69 Å². The Labute approximate surface area is 177 Å². The van der Waals surface area contributed by atoms with E-state index in [2.05, 4.69) is 115 Å². The Morgan fingerprint density at radius 2 is 1.07 bits per heavy atom. The summed E-state index contributed by atoms with van der Waals surface area (Å²) in [4.78, 5) is 6.49. The predicted molar refractivity (Wildman–Crippen MR) is 121 cm³/mol. The fraction of sp³-hybridized carbons (Fsp3) is 0.143. The summed E-state index contributed by atoms with van der Waals surface area (Å²) in [5.74, 6) is 0.259. The highest BCUT2D eigenvalue weighted by atomic mass is 16.7. The van der Waals surface area contributed by atoms with Gasteiger partial charge in [-0.2, -0.15) is 0 Å². The Hall–Kier alpha value is -3.36. The summed E-state index contributed by atoms with van der Waals surface area (Å²) in [7, 11) is 0. The maximum absolute atomic E-state index is 6.49. The topological polar surface area (TPSA) is 12.5 Å². The molecular weight excluding hydrogens is 366 g/mol. The molecule has 146 valence electrons. The fourth-order valence-electron chi connectivity index (χ4n) is 5.56. The number of benzene rings is 4. The van der Waals surface area contributed by atoms with Crippen LogP contribution in [0.3, 0.4) is 0 Å². The van der Waals surface area contributed by atoms with E-state index in [1.165, 1.54) is 33.4 Å². The second-order valence-electron chi connectivity index (χ2n) is 7.95. The van der Waals surface area contributed by atoms with Gasteiger partial charge in [-0.3, -0.25) is 4.84 Å². The maximum Gasteiger partial charge on any atom is 0.143 e. The van der Waals surface area contributed by atoms with Gasteiger partial charge in [0.1, 0.15) is 5.54 Å². The van der Waals surface area contributed by atoms with Gasteiger partial charge in [0.15, 0.2) is 0 Å². The summed E-state index contributed by atoms with van der Waals surface area (Å²) < 4.78 is 0. The van der Waals surface area contributed by atoms with Gasteiger partial charge in [-0.25, -0.2) is 5.06 Å². The number of hydrogen-bond acceptors (Lipinski definition) is 2. The first kappa shape index (κ1) is 17.5. The third-order valence-corrected chi connectivity index (χ3v) is 6.54. The molecule has 0 radical (unpaired) electrons. The molecule has 7 rings (SSSR count). The molecule has 0 saturated carbocycles. The van der Waals surface area contributed by atoms with E-state index in [-0.39, 0.29) is 5.92 Å². The standard InChI is InChI=1S/C28H23NO/c1-2-30-29(20-12-4-3-5-13-20)28-24-17-9-6-14-21(24)27(22-15-7-10-18-25(22)28)23-16-8-11-19-26(23)28/h3-19,27H,2H2,1H3. The van der Waals surface area contributed by atoms with Gasteiger partial charge in [0, 0.05) is 5.92 Å². The molecule has 3 aliphatic carbocycles. The van der Waals surface area contributed by atoms with E-state index >= 15 is 0 Å². The van der Waals surface area contributed by atoms with Crippen molar-refractivity contribution in [3.63, 3.8) is 0 Å². The minimum absolute atomic E-state index is 0.259. The molecule has 0 saturated heterocycles. The zero-order valence-corrected chi connectivity index (χ0v) is 17.0. The SMILES string of the molecule is CCON(c1ccccc1)C12c3ccccc3C(c3ccccc31)c1ccccc12. The van der Waals surface area contributed by atoms with E-state index in [0.29, 0.717) is 6.61 Å². The molecule has 0 amide bonds. The average Bonchev–Trinajstić information content (AvgIpc) is 2.83. The van der Waals surface area contributed by atoms with E-state index in [1.807, 2.05) is 0 Å². The maximum atomic E-state index is 6.49. The van der Waals surface area contributed by atoms with Crippen molar-refractivity contribution in [3.05, 3.63) is 137 Å². The highest BCUT2D eigenvalue weighted by molar-refractivity contribution is 5.75. The van der Waals surface area contributed by atoms with Crippen molar-refractivity contribution in [2.75, 3.05) is 11.7 Å². The normalized spacial score (nSPS) is 20.2. The molecule has 2 heteroatoms. The van der Waals surface area contributed by atoms with Gasteiger partial charge in [-0.05, 0) is 52.4 Å². The van der Waals surface area contributed by atoms with Crippen molar-refractivity contribution < 1.29 is 4.84 Å². The van der Waals surface area contributed by atoms with Crippen LogP contribution >= 0.6 is 0 Å². The first-order valence-electron chi connectivity index (χ1n) is 10.6. The lowest BCUT2D eigenvalue weighted by Crippen LogP contribution is -2.54. The van der Waals surface area contributed by atoms with Gasteiger partial charge in [0.2, 0.25) is 0 Å². The van der Waals surface area contributed by atoms with Crippen LogP contribution in [0, 0.1) is 0 Å². The zero-order valence-electron chi connectivity index (χ0n) is 17.0. The van der Waals surface area contributed by atoms with Gasteiger partial charge < -0.3 is 0 Å². The van der Waals surface area contributed by atoms with E-state index < -0.39 is 5.54 Å². The van der Waals surface area contributed by atoms with Crippen molar-refractivity contribution in [1.82, 2.24) is 0 Å². The Morgan fingerprint density at radius 3 is 1.53 bits per heavy atom. The smallest absolute Gasteiger partial charge is 0.143 e.